The van der Waals surface area contributed by atoms with Crippen molar-refractivity contribution in [3.63, 3.8) is 0 Å². The van der Waals surface area contributed by atoms with Crippen LogP contribution in [-0.4, -0.2) is 30.7 Å². The summed E-state index contributed by atoms with van der Waals surface area (Å²) in [4.78, 5) is 14.3. The number of rotatable bonds is 8. The van der Waals surface area contributed by atoms with Crippen molar-refractivity contribution in [2.75, 3.05) is 24.6 Å². The fourth-order valence-electron chi connectivity index (χ4n) is 2.49. The zero-order valence-electron chi connectivity index (χ0n) is 13.5. The average Bonchev–Trinajstić information content (AvgIpc) is 2.60. The normalized spacial score (nSPS) is 11.7. The highest BCUT2D eigenvalue weighted by atomic mass is 16.3. The lowest BCUT2D eigenvalue weighted by atomic mass is 10.1. The van der Waals surface area contributed by atoms with E-state index in [0.29, 0.717) is 13.0 Å². The Bertz CT molecular complexity index is 587. The number of aliphatic hydroxyl groups is 1. The van der Waals surface area contributed by atoms with Gasteiger partial charge in [-0.15, -0.1) is 0 Å². The Balaban J connectivity index is 1.97. The summed E-state index contributed by atoms with van der Waals surface area (Å²) in [6.07, 6.45) is 0.635. The van der Waals surface area contributed by atoms with Gasteiger partial charge < -0.3 is 15.3 Å². The van der Waals surface area contributed by atoms with Gasteiger partial charge in [-0.3, -0.25) is 4.79 Å². The highest BCUT2D eigenvalue weighted by molar-refractivity contribution is 5.81. The van der Waals surface area contributed by atoms with Crippen LogP contribution in [0.25, 0.3) is 0 Å². The predicted molar refractivity (Wildman–Crippen MR) is 93.4 cm³/mol. The molecule has 0 saturated heterocycles. The van der Waals surface area contributed by atoms with Crippen LogP contribution < -0.4 is 10.2 Å². The summed E-state index contributed by atoms with van der Waals surface area (Å²) in [5, 5.41) is 12.1. The molecule has 0 heterocycles. The van der Waals surface area contributed by atoms with Crippen LogP contribution in [0.2, 0.25) is 0 Å². The van der Waals surface area contributed by atoms with Crippen LogP contribution in [0.1, 0.15) is 24.9 Å². The second-order valence-corrected chi connectivity index (χ2v) is 5.53. The molecule has 122 valence electrons. The van der Waals surface area contributed by atoms with E-state index in [0.717, 1.165) is 11.3 Å². The van der Waals surface area contributed by atoms with Crippen LogP contribution >= 0.6 is 0 Å². The topological polar surface area (TPSA) is 52.6 Å². The SMILES string of the molecule is CC(NC(=O)CN(CCCO)c1ccccc1)c1ccccc1. The van der Waals surface area contributed by atoms with Crippen molar-refractivity contribution in [3.05, 3.63) is 66.2 Å². The summed E-state index contributed by atoms with van der Waals surface area (Å²) < 4.78 is 0. The molecule has 4 heteroatoms. The lowest BCUT2D eigenvalue weighted by molar-refractivity contribution is -0.120. The molecule has 0 aliphatic rings. The zero-order chi connectivity index (χ0) is 16.5. The van der Waals surface area contributed by atoms with Crippen molar-refractivity contribution in [2.45, 2.75) is 19.4 Å². The molecular weight excluding hydrogens is 288 g/mol. The first-order valence-electron chi connectivity index (χ1n) is 7.96. The van der Waals surface area contributed by atoms with E-state index in [2.05, 4.69) is 5.32 Å². The summed E-state index contributed by atoms with van der Waals surface area (Å²) >= 11 is 0. The van der Waals surface area contributed by atoms with Gasteiger partial charge in [0.1, 0.15) is 0 Å². The Morgan fingerprint density at radius 1 is 1.09 bits per heavy atom. The van der Waals surface area contributed by atoms with Crippen LogP contribution in [0, 0.1) is 0 Å². The molecule has 0 aliphatic carbocycles. The molecule has 1 atom stereocenters. The number of para-hydroxylation sites is 1. The molecule has 0 spiro atoms. The molecule has 0 aliphatic heterocycles. The van der Waals surface area contributed by atoms with Gasteiger partial charge in [0.05, 0.1) is 12.6 Å². The molecule has 0 radical (unpaired) electrons. The summed E-state index contributed by atoms with van der Waals surface area (Å²) in [6, 6.07) is 19.7. The number of hydrogen-bond acceptors (Lipinski definition) is 3. The third-order valence-electron chi connectivity index (χ3n) is 3.72. The van der Waals surface area contributed by atoms with Crippen molar-refractivity contribution in [3.8, 4) is 0 Å². The lowest BCUT2D eigenvalue weighted by Crippen LogP contribution is -2.39. The minimum absolute atomic E-state index is 0.0249. The molecular formula is C19H24N2O2. The minimum atomic E-state index is -0.0286. The van der Waals surface area contributed by atoms with Gasteiger partial charge in [0.15, 0.2) is 0 Å². The van der Waals surface area contributed by atoms with Gasteiger partial charge in [-0.25, -0.2) is 0 Å². The summed E-state index contributed by atoms with van der Waals surface area (Å²) in [5.74, 6) is -0.0249. The van der Waals surface area contributed by atoms with E-state index in [-0.39, 0.29) is 25.1 Å². The van der Waals surface area contributed by atoms with Gasteiger partial charge in [0.25, 0.3) is 0 Å². The van der Waals surface area contributed by atoms with E-state index >= 15 is 0 Å². The number of aliphatic hydroxyl groups excluding tert-OH is 1. The lowest BCUT2D eigenvalue weighted by Gasteiger charge is -2.25. The van der Waals surface area contributed by atoms with E-state index in [4.69, 9.17) is 5.11 Å². The maximum atomic E-state index is 12.4. The number of nitrogens with zero attached hydrogens (tertiary/aromatic N) is 1. The number of hydrogen-bond donors (Lipinski definition) is 2. The van der Waals surface area contributed by atoms with Gasteiger partial charge in [-0.2, -0.15) is 0 Å². The first kappa shape index (κ1) is 17.0. The average molecular weight is 312 g/mol. The number of carbonyl (C=O) groups is 1. The first-order valence-corrected chi connectivity index (χ1v) is 7.96. The third kappa shape index (κ3) is 5.42. The first-order chi connectivity index (χ1) is 11.2. The molecule has 2 N–H and O–H groups in total. The molecule has 1 unspecified atom stereocenters. The molecule has 0 aromatic heterocycles. The molecule has 2 aromatic carbocycles. The fraction of sp³-hybridized carbons (Fsp3) is 0.316. The van der Waals surface area contributed by atoms with Gasteiger partial charge in [0, 0.05) is 18.8 Å². The number of nitrogens with one attached hydrogen (secondary N) is 1. The Morgan fingerprint density at radius 3 is 2.30 bits per heavy atom. The fourth-order valence-corrected chi connectivity index (χ4v) is 2.49. The van der Waals surface area contributed by atoms with Crippen molar-refractivity contribution < 1.29 is 9.90 Å². The molecule has 2 aromatic rings. The van der Waals surface area contributed by atoms with E-state index in [1.54, 1.807) is 0 Å². The third-order valence-corrected chi connectivity index (χ3v) is 3.72. The molecule has 4 nitrogen and oxygen atoms in total. The predicted octanol–water partition coefficient (Wildman–Crippen LogP) is 2.75. The maximum absolute atomic E-state index is 12.4. The van der Waals surface area contributed by atoms with Crippen LogP contribution in [0.5, 0.6) is 0 Å². The van der Waals surface area contributed by atoms with E-state index in [9.17, 15) is 4.79 Å². The Hall–Kier alpha value is -2.33. The molecule has 0 fully saturated rings. The molecule has 0 saturated carbocycles. The summed E-state index contributed by atoms with van der Waals surface area (Å²) in [5.41, 5.74) is 2.07. The number of amides is 1. The minimum Gasteiger partial charge on any atom is -0.396 e. The number of benzene rings is 2. The van der Waals surface area contributed by atoms with Crippen LogP contribution in [0.4, 0.5) is 5.69 Å². The van der Waals surface area contributed by atoms with Gasteiger partial charge in [0.2, 0.25) is 5.91 Å². The standard InChI is InChI=1S/C19H24N2O2/c1-16(17-9-4-2-5-10-17)20-19(23)15-21(13-8-14-22)18-11-6-3-7-12-18/h2-7,9-12,16,22H,8,13-15H2,1H3,(H,20,23). The van der Waals surface area contributed by atoms with E-state index in [1.807, 2.05) is 72.5 Å². The largest absolute Gasteiger partial charge is 0.396 e. The van der Waals surface area contributed by atoms with E-state index in [1.165, 1.54) is 0 Å². The summed E-state index contributed by atoms with van der Waals surface area (Å²) in [6.45, 7) is 3.02. The highest BCUT2D eigenvalue weighted by Crippen LogP contribution is 2.14. The van der Waals surface area contributed by atoms with Crippen LogP contribution in [0.3, 0.4) is 0 Å². The molecule has 2 rings (SSSR count). The monoisotopic (exact) mass is 312 g/mol. The van der Waals surface area contributed by atoms with Crippen molar-refractivity contribution in [2.24, 2.45) is 0 Å². The van der Waals surface area contributed by atoms with Crippen molar-refractivity contribution >= 4 is 11.6 Å². The van der Waals surface area contributed by atoms with Crippen LogP contribution in [-0.2, 0) is 4.79 Å². The molecule has 0 bridgehead atoms. The summed E-state index contributed by atoms with van der Waals surface area (Å²) in [7, 11) is 0. The Kier molecular flexibility index (Phi) is 6.63. The van der Waals surface area contributed by atoms with Crippen molar-refractivity contribution in [1.29, 1.82) is 0 Å². The highest BCUT2D eigenvalue weighted by Gasteiger charge is 2.14. The quantitative estimate of drug-likeness (QED) is 0.788. The van der Waals surface area contributed by atoms with Crippen LogP contribution in [0.15, 0.2) is 60.7 Å². The van der Waals surface area contributed by atoms with Gasteiger partial charge >= 0.3 is 0 Å². The van der Waals surface area contributed by atoms with Crippen molar-refractivity contribution in [1.82, 2.24) is 5.32 Å². The second-order valence-electron chi connectivity index (χ2n) is 5.53. The smallest absolute Gasteiger partial charge is 0.239 e. The van der Waals surface area contributed by atoms with E-state index < -0.39 is 0 Å². The maximum Gasteiger partial charge on any atom is 0.239 e. The Morgan fingerprint density at radius 2 is 1.70 bits per heavy atom. The van der Waals surface area contributed by atoms with Gasteiger partial charge in [-0.05, 0) is 31.0 Å². The van der Waals surface area contributed by atoms with Gasteiger partial charge in [-0.1, -0.05) is 48.5 Å². The number of anilines is 1. The molecule has 1 amide bonds. The molecule has 23 heavy (non-hydrogen) atoms. The Labute approximate surface area is 137 Å². The number of carbonyl (C=O) groups excluding carboxylic acids is 1. The zero-order valence-corrected chi connectivity index (χ0v) is 13.5. The second kappa shape index (κ2) is 8.96.